The Balaban J connectivity index is 0. The van der Waals surface area contributed by atoms with Crippen molar-refractivity contribution >= 4 is 68.0 Å². The van der Waals surface area contributed by atoms with E-state index >= 15 is 0 Å². The lowest BCUT2D eigenvalue weighted by molar-refractivity contribution is -0.115. The molecule has 2 heterocycles. The summed E-state index contributed by atoms with van der Waals surface area (Å²) in [6.07, 6.45) is 2.75. The summed E-state index contributed by atoms with van der Waals surface area (Å²) in [5.74, 6) is 1.81. The van der Waals surface area contributed by atoms with Crippen LogP contribution in [0.25, 0.3) is 4.85 Å². The van der Waals surface area contributed by atoms with Crippen LogP contribution in [0.5, 0.6) is 0 Å². The maximum atomic E-state index is 11.9. The Morgan fingerprint density at radius 1 is 0.759 bits per heavy atom. The average molecular weight is 893 g/mol. The second-order valence-electron chi connectivity index (χ2n) is 14.4. The van der Waals surface area contributed by atoms with Crippen LogP contribution in [0.15, 0.2) is 12.4 Å². The van der Waals surface area contributed by atoms with Crippen molar-refractivity contribution in [3.63, 3.8) is 0 Å². The van der Waals surface area contributed by atoms with Crippen molar-refractivity contribution in [2.45, 2.75) is 131 Å². The van der Waals surface area contributed by atoms with Gasteiger partial charge in [0, 0.05) is 31.5 Å². The number of ketones is 1. The fourth-order valence-corrected chi connectivity index (χ4v) is 3.41. The van der Waals surface area contributed by atoms with Gasteiger partial charge in [0.2, 0.25) is 5.82 Å². The molecule has 0 unspecified atom stereocenters. The number of carbonyl (C=O) groups excluding carboxylic acids is 5. The highest BCUT2D eigenvalue weighted by molar-refractivity contribution is 9.25. The zero-order valence-electron chi connectivity index (χ0n) is 34.3. The summed E-state index contributed by atoms with van der Waals surface area (Å²) in [6, 6.07) is 0. The largest absolute Gasteiger partial charge is 0.444 e. The van der Waals surface area contributed by atoms with Crippen LogP contribution in [0.4, 0.5) is 20.2 Å². The highest BCUT2D eigenvalue weighted by atomic mass is 79.9. The highest BCUT2D eigenvalue weighted by Gasteiger charge is 2.24. The second-order valence-corrected chi connectivity index (χ2v) is 17.5. The molecular formula is C36H60Br2N8O8. The van der Waals surface area contributed by atoms with Gasteiger partial charge in [0.15, 0.2) is 11.6 Å². The number of aromatic nitrogens is 4. The molecule has 0 aliphatic carbocycles. The van der Waals surface area contributed by atoms with Crippen LogP contribution >= 0.6 is 31.9 Å². The van der Waals surface area contributed by atoms with E-state index in [9.17, 15) is 24.0 Å². The summed E-state index contributed by atoms with van der Waals surface area (Å²) in [6.45, 7) is 34.7. The first-order chi connectivity index (χ1) is 24.7. The number of ether oxygens (including phenoxy) is 3. The first kappa shape index (κ1) is 52.1. The Morgan fingerprint density at radius 2 is 1.11 bits per heavy atom. The number of amides is 3. The van der Waals surface area contributed by atoms with Crippen LogP contribution in [0.1, 0.15) is 107 Å². The summed E-state index contributed by atoms with van der Waals surface area (Å²) >= 11 is 6.01. The molecule has 0 saturated heterocycles. The second kappa shape index (κ2) is 25.2. The molecule has 16 nitrogen and oxygen atoms in total. The van der Waals surface area contributed by atoms with Crippen LogP contribution < -0.4 is 0 Å². The number of nitrogens with zero attached hydrogens (tertiary/aromatic N) is 6. The van der Waals surface area contributed by atoms with Gasteiger partial charge in [-0.2, -0.15) is 0 Å². The Kier molecular flexibility index (Phi) is 24.3. The Labute approximate surface area is 337 Å². The van der Waals surface area contributed by atoms with Gasteiger partial charge >= 0.3 is 18.3 Å². The van der Waals surface area contributed by atoms with E-state index in [-0.39, 0.29) is 28.3 Å². The average Bonchev–Trinajstić information content (AvgIpc) is 3.67. The number of carbonyl (C=O) groups is 5. The van der Waals surface area contributed by atoms with E-state index in [0.29, 0.717) is 50.7 Å². The summed E-state index contributed by atoms with van der Waals surface area (Å²) in [5, 5.41) is 0. The van der Waals surface area contributed by atoms with Crippen molar-refractivity contribution in [3.8, 4) is 0 Å². The smallest absolute Gasteiger partial charge is 0.410 e. The molecule has 54 heavy (non-hydrogen) atoms. The highest BCUT2D eigenvalue weighted by Crippen LogP contribution is 2.14. The lowest BCUT2D eigenvalue weighted by atomic mass is 10.2. The summed E-state index contributed by atoms with van der Waals surface area (Å²) in [7, 11) is 0. The number of likely N-dealkylation sites (N-methyl/N-ethyl adjacent to an activating group) is 1. The van der Waals surface area contributed by atoms with E-state index in [2.05, 4.69) is 56.6 Å². The molecule has 0 spiro atoms. The lowest BCUT2D eigenvalue weighted by Gasteiger charge is -2.25. The summed E-state index contributed by atoms with van der Waals surface area (Å²) < 4.78 is 15.5. The number of aryl methyl sites for hydroxylation is 1. The minimum atomic E-state index is -0.519. The zero-order valence-corrected chi connectivity index (χ0v) is 37.4. The van der Waals surface area contributed by atoms with Gasteiger partial charge in [-0.3, -0.25) is 14.7 Å². The maximum Gasteiger partial charge on any atom is 0.410 e. The Morgan fingerprint density at radius 3 is 1.37 bits per heavy atom. The SMILES string of the molecule is CC(=O)C(Br)Br.CCN(CC=O)C(=O)OC(C)(C)C.CCN(Cc1ncc(C)[nH]1)C(=O)OC(C)(C)C.[C-]#[N+]c1cnc(CN(CC)C(=O)OC(C)(C)C)[nH]1. The van der Waals surface area contributed by atoms with Crippen molar-refractivity contribution in [2.75, 3.05) is 26.2 Å². The summed E-state index contributed by atoms with van der Waals surface area (Å²) in [5.41, 5.74) is -0.507. The molecule has 2 N–H and O–H groups in total. The molecule has 0 aliphatic heterocycles. The molecule has 0 fully saturated rings. The van der Waals surface area contributed by atoms with Crippen molar-refractivity contribution in [1.29, 1.82) is 0 Å². The lowest BCUT2D eigenvalue weighted by Crippen LogP contribution is -2.37. The molecular weight excluding hydrogens is 832 g/mol. The fraction of sp³-hybridized carbons (Fsp3) is 0.667. The number of halogens is 2. The van der Waals surface area contributed by atoms with Crippen LogP contribution in [0.3, 0.4) is 0 Å². The van der Waals surface area contributed by atoms with E-state index in [1.54, 1.807) is 38.8 Å². The van der Waals surface area contributed by atoms with Gasteiger partial charge in [0.05, 0.1) is 19.3 Å². The molecule has 306 valence electrons. The molecule has 2 aromatic heterocycles. The summed E-state index contributed by atoms with van der Waals surface area (Å²) in [4.78, 5) is 77.2. The van der Waals surface area contributed by atoms with E-state index in [1.807, 2.05) is 62.3 Å². The molecule has 2 rings (SSSR count). The molecule has 0 aliphatic rings. The quantitative estimate of drug-likeness (QED) is 0.102. The fourth-order valence-electron chi connectivity index (χ4n) is 3.41. The number of hydrogen-bond donors (Lipinski definition) is 2. The normalized spacial score (nSPS) is 10.8. The van der Waals surface area contributed by atoms with E-state index < -0.39 is 22.9 Å². The number of H-pyrrole nitrogens is 2. The van der Waals surface area contributed by atoms with Crippen LogP contribution in [-0.4, -0.2) is 112 Å². The van der Waals surface area contributed by atoms with Gasteiger partial charge in [-0.15, -0.1) is 0 Å². The third kappa shape index (κ3) is 25.9. The molecule has 0 saturated carbocycles. The number of alkyl halides is 2. The standard InChI is InChI=1S/C12H18N4O2.C12H21N3O2.C9H17NO3.C3H4Br2O/c1-6-16(11(17)18-12(2,3)4)8-10-14-7-9(13-5)15-10;1-6-15(11(16)17-12(3,4)5)8-10-13-7-9(2)14-10;1-5-10(6-7-11)8(12)13-9(2,3)4;1-2(6)3(4)5/h7H,6,8H2,1-4H3,(H,14,15);7H,6,8H2,1-5H3,(H,13,14);7H,5-6H2,1-4H3;3H,1H3. The molecule has 0 bridgehead atoms. The van der Waals surface area contributed by atoms with Gasteiger partial charge in [0.1, 0.15) is 39.2 Å². The van der Waals surface area contributed by atoms with E-state index in [1.165, 1.54) is 22.9 Å². The molecule has 3 amide bonds. The predicted molar refractivity (Wildman–Crippen MR) is 215 cm³/mol. The van der Waals surface area contributed by atoms with E-state index in [4.69, 9.17) is 20.8 Å². The number of rotatable bonds is 10. The Bertz CT molecular complexity index is 1480. The number of hydrogen-bond acceptors (Lipinski definition) is 10. The molecule has 0 aromatic carbocycles. The number of imidazole rings is 2. The van der Waals surface area contributed by atoms with E-state index in [0.717, 1.165) is 11.5 Å². The van der Waals surface area contributed by atoms with Crippen LogP contribution in [0.2, 0.25) is 0 Å². The van der Waals surface area contributed by atoms with Crippen molar-refractivity contribution in [3.05, 3.63) is 41.2 Å². The maximum absolute atomic E-state index is 11.9. The van der Waals surface area contributed by atoms with Crippen molar-refractivity contribution in [2.24, 2.45) is 0 Å². The zero-order chi connectivity index (χ0) is 42.4. The minimum Gasteiger partial charge on any atom is -0.444 e. The molecule has 0 radical (unpaired) electrons. The number of Topliss-reactive ketones (excluding diaryl/α,β-unsaturated/α-hetero) is 1. The Hall–Kier alpha value is -3.98. The molecule has 18 heteroatoms. The monoisotopic (exact) mass is 890 g/mol. The van der Waals surface area contributed by atoms with Gasteiger partial charge in [-0.05, 0) is 96.9 Å². The van der Waals surface area contributed by atoms with Crippen molar-refractivity contribution < 1.29 is 38.2 Å². The predicted octanol–water partition coefficient (Wildman–Crippen LogP) is 8.33. The first-order valence-electron chi connectivity index (χ1n) is 17.3. The van der Waals surface area contributed by atoms with Gasteiger partial charge in [-0.1, -0.05) is 38.4 Å². The van der Waals surface area contributed by atoms with Crippen LogP contribution in [-0.2, 0) is 36.9 Å². The number of nitrogens with one attached hydrogen (secondary N) is 2. The molecule has 2 aromatic rings. The molecule has 0 atom stereocenters. The third-order valence-corrected chi connectivity index (χ3v) is 7.16. The van der Waals surface area contributed by atoms with Gasteiger partial charge < -0.3 is 38.6 Å². The number of aromatic amines is 2. The van der Waals surface area contributed by atoms with Gasteiger partial charge in [-0.25, -0.2) is 24.4 Å². The van der Waals surface area contributed by atoms with Crippen molar-refractivity contribution in [1.82, 2.24) is 34.6 Å². The first-order valence-corrected chi connectivity index (χ1v) is 19.1. The third-order valence-electron chi connectivity index (χ3n) is 5.87. The van der Waals surface area contributed by atoms with Gasteiger partial charge in [0.25, 0.3) is 0 Å². The number of aldehydes is 1. The topological polar surface area (TPSA) is 184 Å². The van der Waals surface area contributed by atoms with Crippen LogP contribution in [0, 0.1) is 13.5 Å². The minimum absolute atomic E-state index is 0.0887.